The smallest absolute Gasteiger partial charge is 0.237 e. The first kappa shape index (κ1) is 13.4. The average Bonchev–Trinajstić information content (AvgIpc) is 2.34. The quantitative estimate of drug-likeness (QED) is 0.802. The van der Waals surface area contributed by atoms with Gasteiger partial charge in [0.25, 0.3) is 0 Å². The average molecular weight is 240 g/mol. The predicted molar refractivity (Wildman–Crippen MR) is 67.1 cm³/mol. The number of carbonyl (C=O) groups is 1. The lowest BCUT2D eigenvalue weighted by atomic mass is 10.0. The van der Waals surface area contributed by atoms with Crippen molar-refractivity contribution in [2.24, 2.45) is 5.92 Å². The molecule has 1 aliphatic rings. The highest BCUT2D eigenvalue weighted by molar-refractivity contribution is 7.99. The minimum atomic E-state index is -0.460. The van der Waals surface area contributed by atoms with Crippen molar-refractivity contribution in [2.75, 3.05) is 12.3 Å². The number of rotatable bonds is 5. The summed E-state index contributed by atoms with van der Waals surface area (Å²) < 4.78 is 0. The molecule has 0 aliphatic carbocycles. The Bertz CT molecular complexity index is 256. The van der Waals surface area contributed by atoms with Gasteiger partial charge in [-0.3, -0.25) is 4.79 Å². The monoisotopic (exact) mass is 240 g/mol. The van der Waals surface area contributed by atoms with Crippen molar-refractivity contribution in [1.82, 2.24) is 5.32 Å². The molecule has 2 atom stereocenters. The SMILES string of the molecule is CCCC(C#N)C(=O)NCC1CCCCS1. The van der Waals surface area contributed by atoms with E-state index in [-0.39, 0.29) is 5.91 Å². The number of nitrogens with zero attached hydrogens (tertiary/aromatic N) is 1. The minimum Gasteiger partial charge on any atom is -0.354 e. The van der Waals surface area contributed by atoms with Crippen LogP contribution in [0.4, 0.5) is 0 Å². The van der Waals surface area contributed by atoms with Crippen LogP contribution < -0.4 is 5.32 Å². The largest absolute Gasteiger partial charge is 0.354 e. The zero-order valence-electron chi connectivity index (χ0n) is 9.87. The van der Waals surface area contributed by atoms with E-state index in [1.165, 1.54) is 25.0 Å². The van der Waals surface area contributed by atoms with Crippen LogP contribution in [0.15, 0.2) is 0 Å². The third kappa shape index (κ3) is 4.44. The van der Waals surface area contributed by atoms with E-state index in [1.54, 1.807) is 0 Å². The maximum Gasteiger partial charge on any atom is 0.237 e. The standard InChI is InChI=1S/C12H20N2OS/c1-2-5-10(8-13)12(15)14-9-11-6-3-4-7-16-11/h10-11H,2-7,9H2,1H3,(H,14,15). The van der Waals surface area contributed by atoms with Gasteiger partial charge < -0.3 is 5.32 Å². The van der Waals surface area contributed by atoms with Crippen LogP contribution in [0.3, 0.4) is 0 Å². The lowest BCUT2D eigenvalue weighted by Crippen LogP contribution is -2.35. The van der Waals surface area contributed by atoms with E-state index in [2.05, 4.69) is 11.4 Å². The summed E-state index contributed by atoms with van der Waals surface area (Å²) in [5.74, 6) is 0.658. The molecule has 0 bridgehead atoms. The van der Waals surface area contributed by atoms with Crippen LogP contribution in [-0.2, 0) is 4.79 Å². The Hall–Kier alpha value is -0.690. The highest BCUT2D eigenvalue weighted by Gasteiger charge is 2.19. The second-order valence-electron chi connectivity index (χ2n) is 4.20. The first-order valence-corrected chi connectivity index (χ1v) is 7.11. The third-order valence-electron chi connectivity index (χ3n) is 2.83. The Morgan fingerprint density at radius 1 is 1.62 bits per heavy atom. The van der Waals surface area contributed by atoms with Crippen molar-refractivity contribution in [3.8, 4) is 6.07 Å². The van der Waals surface area contributed by atoms with E-state index in [4.69, 9.17) is 5.26 Å². The molecule has 1 rings (SSSR count). The van der Waals surface area contributed by atoms with Gasteiger partial charge in [0.2, 0.25) is 5.91 Å². The number of carbonyl (C=O) groups excluding carboxylic acids is 1. The van der Waals surface area contributed by atoms with Crippen molar-refractivity contribution >= 4 is 17.7 Å². The van der Waals surface area contributed by atoms with Gasteiger partial charge in [-0.1, -0.05) is 19.8 Å². The van der Waals surface area contributed by atoms with Gasteiger partial charge in [-0.25, -0.2) is 0 Å². The molecule has 1 aliphatic heterocycles. The lowest BCUT2D eigenvalue weighted by molar-refractivity contribution is -0.123. The fourth-order valence-electron chi connectivity index (χ4n) is 1.85. The van der Waals surface area contributed by atoms with Gasteiger partial charge in [-0.2, -0.15) is 17.0 Å². The first-order chi connectivity index (χ1) is 7.77. The number of thioether (sulfide) groups is 1. The molecule has 16 heavy (non-hydrogen) atoms. The second-order valence-corrected chi connectivity index (χ2v) is 5.61. The van der Waals surface area contributed by atoms with E-state index in [1.807, 2.05) is 18.7 Å². The molecule has 1 saturated heterocycles. The van der Waals surface area contributed by atoms with Crippen LogP contribution in [0.1, 0.15) is 39.0 Å². The molecule has 0 aromatic rings. The van der Waals surface area contributed by atoms with Crippen LogP contribution in [0.25, 0.3) is 0 Å². The van der Waals surface area contributed by atoms with E-state index in [0.717, 1.165) is 13.0 Å². The Kier molecular flexibility index (Phi) is 6.32. The molecule has 0 radical (unpaired) electrons. The maximum atomic E-state index is 11.7. The van der Waals surface area contributed by atoms with Crippen LogP contribution in [0, 0.1) is 17.2 Å². The Balaban J connectivity index is 2.25. The Labute approximate surface area is 102 Å². The van der Waals surface area contributed by atoms with Crippen LogP contribution in [-0.4, -0.2) is 23.5 Å². The summed E-state index contributed by atoms with van der Waals surface area (Å²) in [6.07, 6.45) is 5.30. The normalized spacial score (nSPS) is 22.1. The van der Waals surface area contributed by atoms with Crippen molar-refractivity contribution in [3.63, 3.8) is 0 Å². The summed E-state index contributed by atoms with van der Waals surface area (Å²) in [5, 5.41) is 12.3. The van der Waals surface area contributed by atoms with Gasteiger partial charge >= 0.3 is 0 Å². The van der Waals surface area contributed by atoms with Gasteiger partial charge in [-0.05, 0) is 25.0 Å². The van der Waals surface area contributed by atoms with Gasteiger partial charge in [0, 0.05) is 11.8 Å². The van der Waals surface area contributed by atoms with E-state index < -0.39 is 5.92 Å². The number of nitriles is 1. The summed E-state index contributed by atoms with van der Waals surface area (Å²) >= 11 is 1.94. The minimum absolute atomic E-state index is 0.0875. The Morgan fingerprint density at radius 2 is 2.44 bits per heavy atom. The van der Waals surface area contributed by atoms with Gasteiger partial charge in [-0.15, -0.1) is 0 Å². The molecule has 0 aromatic carbocycles. The van der Waals surface area contributed by atoms with E-state index in [9.17, 15) is 4.79 Å². The molecular formula is C12H20N2OS. The fourth-order valence-corrected chi connectivity index (χ4v) is 3.09. The van der Waals surface area contributed by atoms with Crippen LogP contribution in [0.5, 0.6) is 0 Å². The Morgan fingerprint density at radius 3 is 3.00 bits per heavy atom. The van der Waals surface area contributed by atoms with Crippen molar-refractivity contribution in [3.05, 3.63) is 0 Å². The molecule has 1 N–H and O–H groups in total. The highest BCUT2D eigenvalue weighted by atomic mass is 32.2. The number of amides is 1. The zero-order valence-corrected chi connectivity index (χ0v) is 10.7. The third-order valence-corrected chi connectivity index (χ3v) is 4.23. The maximum absolute atomic E-state index is 11.7. The van der Waals surface area contributed by atoms with E-state index >= 15 is 0 Å². The molecule has 0 aromatic heterocycles. The molecule has 90 valence electrons. The zero-order chi connectivity index (χ0) is 11.8. The number of nitrogens with one attached hydrogen (secondary N) is 1. The summed E-state index contributed by atoms with van der Waals surface area (Å²) in [7, 11) is 0. The van der Waals surface area contributed by atoms with Crippen LogP contribution in [0.2, 0.25) is 0 Å². The lowest BCUT2D eigenvalue weighted by Gasteiger charge is -2.21. The fraction of sp³-hybridized carbons (Fsp3) is 0.833. The summed E-state index contributed by atoms with van der Waals surface area (Å²) in [4.78, 5) is 11.7. The van der Waals surface area contributed by atoms with Crippen molar-refractivity contribution < 1.29 is 4.79 Å². The molecular weight excluding hydrogens is 220 g/mol. The molecule has 3 nitrogen and oxygen atoms in total. The molecule has 0 spiro atoms. The second kappa shape index (κ2) is 7.56. The predicted octanol–water partition coefficient (Wildman–Crippen LogP) is 2.33. The van der Waals surface area contributed by atoms with Crippen molar-refractivity contribution in [2.45, 2.75) is 44.3 Å². The van der Waals surface area contributed by atoms with Gasteiger partial charge in [0.15, 0.2) is 0 Å². The first-order valence-electron chi connectivity index (χ1n) is 6.06. The molecule has 1 heterocycles. The number of hydrogen-bond donors (Lipinski definition) is 1. The molecule has 4 heteroatoms. The van der Waals surface area contributed by atoms with Crippen LogP contribution >= 0.6 is 11.8 Å². The van der Waals surface area contributed by atoms with Crippen molar-refractivity contribution in [1.29, 1.82) is 5.26 Å². The molecule has 1 fully saturated rings. The molecule has 1 amide bonds. The molecule has 2 unspecified atom stereocenters. The van der Waals surface area contributed by atoms with Gasteiger partial charge in [0.1, 0.15) is 5.92 Å². The number of hydrogen-bond acceptors (Lipinski definition) is 3. The summed E-state index contributed by atoms with van der Waals surface area (Å²) in [6.45, 7) is 2.72. The topological polar surface area (TPSA) is 52.9 Å². The van der Waals surface area contributed by atoms with E-state index in [0.29, 0.717) is 11.7 Å². The molecule has 0 saturated carbocycles. The summed E-state index contributed by atoms with van der Waals surface area (Å²) in [5.41, 5.74) is 0. The van der Waals surface area contributed by atoms with Gasteiger partial charge in [0.05, 0.1) is 6.07 Å². The summed E-state index contributed by atoms with van der Waals surface area (Å²) in [6, 6.07) is 2.07. The highest BCUT2D eigenvalue weighted by Crippen LogP contribution is 2.24.